The number of aromatic hydroxyl groups is 1. The molecular weight excluding hydrogens is 280 g/mol. The Hall–Kier alpha value is -2.53. The van der Waals surface area contributed by atoms with Gasteiger partial charge in [-0.1, -0.05) is 11.6 Å². The first-order chi connectivity index (χ1) is 9.66. The SMILES string of the molecule is O=C(N/N=C/C=C/c1ccco1)c1cc(Cl)ccc1O. The summed E-state index contributed by atoms with van der Waals surface area (Å²) in [6.45, 7) is 0. The number of phenols is 1. The standard InChI is InChI=1S/C14H11ClN2O3/c15-10-5-6-13(18)12(9-10)14(19)17-16-7-1-3-11-4-2-8-20-11/h1-9,18H,(H,17,19)/b3-1+,16-7+. The van der Waals surface area contributed by atoms with Gasteiger partial charge in [0.05, 0.1) is 11.8 Å². The minimum atomic E-state index is -0.548. The molecule has 0 fully saturated rings. The topological polar surface area (TPSA) is 74.8 Å². The Kier molecular flexibility index (Phi) is 4.57. The highest BCUT2D eigenvalue weighted by Crippen LogP contribution is 2.21. The van der Waals surface area contributed by atoms with Gasteiger partial charge in [-0.05, 0) is 42.5 Å². The van der Waals surface area contributed by atoms with E-state index in [0.29, 0.717) is 10.8 Å². The van der Waals surface area contributed by atoms with Crippen LogP contribution in [-0.2, 0) is 0 Å². The summed E-state index contributed by atoms with van der Waals surface area (Å²) in [5, 5.41) is 13.6. The number of rotatable bonds is 4. The number of halogens is 1. The number of carbonyl (C=O) groups excluding carboxylic acids is 1. The molecule has 0 saturated heterocycles. The molecule has 0 aliphatic rings. The van der Waals surface area contributed by atoms with Gasteiger partial charge in [0.25, 0.3) is 5.91 Å². The third-order valence-corrected chi connectivity index (χ3v) is 2.57. The first kappa shape index (κ1) is 13.9. The van der Waals surface area contributed by atoms with Gasteiger partial charge >= 0.3 is 0 Å². The molecule has 20 heavy (non-hydrogen) atoms. The number of hydrogen-bond acceptors (Lipinski definition) is 4. The van der Waals surface area contributed by atoms with Crippen molar-refractivity contribution in [2.45, 2.75) is 0 Å². The highest BCUT2D eigenvalue weighted by Gasteiger charge is 2.10. The zero-order chi connectivity index (χ0) is 14.4. The molecule has 1 amide bonds. The van der Waals surface area contributed by atoms with Gasteiger partial charge in [-0.15, -0.1) is 0 Å². The van der Waals surface area contributed by atoms with Crippen molar-refractivity contribution in [1.82, 2.24) is 5.43 Å². The molecule has 0 aliphatic carbocycles. The molecule has 0 radical (unpaired) electrons. The van der Waals surface area contributed by atoms with Crippen LogP contribution in [0.25, 0.3) is 6.08 Å². The van der Waals surface area contributed by atoms with Crippen LogP contribution in [0.15, 0.2) is 52.2 Å². The van der Waals surface area contributed by atoms with Gasteiger partial charge in [0.15, 0.2) is 0 Å². The number of carbonyl (C=O) groups is 1. The van der Waals surface area contributed by atoms with E-state index in [-0.39, 0.29) is 11.3 Å². The van der Waals surface area contributed by atoms with E-state index in [2.05, 4.69) is 10.5 Å². The minimum absolute atomic E-state index is 0.0599. The molecule has 1 aromatic carbocycles. The number of allylic oxidation sites excluding steroid dienone is 1. The summed E-state index contributed by atoms with van der Waals surface area (Å²) in [4.78, 5) is 11.7. The Morgan fingerprint density at radius 1 is 1.40 bits per heavy atom. The quantitative estimate of drug-likeness (QED) is 0.671. The fourth-order valence-corrected chi connectivity index (χ4v) is 1.59. The fourth-order valence-electron chi connectivity index (χ4n) is 1.41. The zero-order valence-electron chi connectivity index (χ0n) is 10.3. The van der Waals surface area contributed by atoms with E-state index in [1.54, 1.807) is 30.5 Å². The average molecular weight is 291 g/mol. The third kappa shape index (κ3) is 3.73. The lowest BCUT2D eigenvalue weighted by Crippen LogP contribution is -2.17. The van der Waals surface area contributed by atoms with Gasteiger partial charge in [0.1, 0.15) is 11.5 Å². The van der Waals surface area contributed by atoms with Gasteiger partial charge in [0.2, 0.25) is 0 Å². The molecule has 0 bridgehead atoms. The first-order valence-corrected chi connectivity index (χ1v) is 6.07. The molecule has 0 saturated carbocycles. The molecule has 2 aromatic rings. The van der Waals surface area contributed by atoms with Crippen LogP contribution in [0.2, 0.25) is 5.02 Å². The van der Waals surface area contributed by atoms with Crippen LogP contribution >= 0.6 is 11.6 Å². The maximum absolute atomic E-state index is 11.7. The third-order valence-electron chi connectivity index (χ3n) is 2.33. The van der Waals surface area contributed by atoms with Crippen molar-refractivity contribution in [2.75, 3.05) is 0 Å². The Bertz CT molecular complexity index is 648. The summed E-state index contributed by atoms with van der Waals surface area (Å²) >= 11 is 5.75. The van der Waals surface area contributed by atoms with Gasteiger partial charge < -0.3 is 9.52 Å². The number of hydrogen-bond donors (Lipinski definition) is 2. The van der Waals surface area contributed by atoms with Crippen LogP contribution in [0.5, 0.6) is 5.75 Å². The van der Waals surface area contributed by atoms with Crippen LogP contribution in [0.1, 0.15) is 16.1 Å². The van der Waals surface area contributed by atoms with E-state index < -0.39 is 5.91 Å². The summed E-state index contributed by atoms with van der Waals surface area (Å²) in [7, 11) is 0. The number of amides is 1. The van der Waals surface area contributed by atoms with Crippen molar-refractivity contribution in [3.05, 3.63) is 59.0 Å². The fraction of sp³-hybridized carbons (Fsp3) is 0. The predicted molar refractivity (Wildman–Crippen MR) is 76.8 cm³/mol. The summed E-state index contributed by atoms with van der Waals surface area (Å²) in [6, 6.07) is 7.74. The summed E-state index contributed by atoms with van der Waals surface area (Å²) in [6.07, 6.45) is 6.24. The number of nitrogens with one attached hydrogen (secondary N) is 1. The Morgan fingerprint density at radius 2 is 2.25 bits per heavy atom. The molecular formula is C14H11ClN2O3. The molecule has 0 aliphatic heterocycles. The average Bonchev–Trinajstić information content (AvgIpc) is 2.94. The second-order valence-corrected chi connectivity index (χ2v) is 4.19. The lowest BCUT2D eigenvalue weighted by molar-refractivity contribution is 0.0952. The van der Waals surface area contributed by atoms with Crippen molar-refractivity contribution >= 4 is 29.8 Å². The second kappa shape index (κ2) is 6.58. The molecule has 1 aromatic heterocycles. The highest BCUT2D eigenvalue weighted by atomic mass is 35.5. The number of hydrazone groups is 1. The van der Waals surface area contributed by atoms with E-state index >= 15 is 0 Å². The number of furan rings is 1. The van der Waals surface area contributed by atoms with Crippen molar-refractivity contribution in [3.8, 4) is 5.75 Å². The van der Waals surface area contributed by atoms with E-state index in [1.165, 1.54) is 24.4 Å². The van der Waals surface area contributed by atoms with E-state index in [9.17, 15) is 9.90 Å². The minimum Gasteiger partial charge on any atom is -0.507 e. The normalized spacial score (nSPS) is 11.2. The van der Waals surface area contributed by atoms with Crippen LogP contribution in [0.4, 0.5) is 0 Å². The van der Waals surface area contributed by atoms with Gasteiger partial charge in [0, 0.05) is 11.2 Å². The van der Waals surface area contributed by atoms with E-state index in [0.717, 1.165) is 0 Å². The summed E-state index contributed by atoms with van der Waals surface area (Å²) in [5.74, 6) is -0.0314. The maximum Gasteiger partial charge on any atom is 0.275 e. The zero-order valence-corrected chi connectivity index (χ0v) is 11.0. The van der Waals surface area contributed by atoms with Crippen molar-refractivity contribution in [3.63, 3.8) is 0 Å². The number of nitrogens with zero attached hydrogens (tertiary/aromatic N) is 1. The summed E-state index contributed by atoms with van der Waals surface area (Å²) in [5.41, 5.74) is 2.34. The molecule has 0 unspecified atom stereocenters. The largest absolute Gasteiger partial charge is 0.507 e. The monoisotopic (exact) mass is 290 g/mol. The Balaban J connectivity index is 1.93. The van der Waals surface area contributed by atoms with Gasteiger partial charge in [-0.3, -0.25) is 4.79 Å². The molecule has 5 nitrogen and oxygen atoms in total. The number of phenolic OH excluding ortho intramolecular Hbond substituents is 1. The predicted octanol–water partition coefficient (Wildman–Crippen LogP) is 3.07. The van der Waals surface area contributed by atoms with E-state index in [4.69, 9.17) is 16.0 Å². The van der Waals surface area contributed by atoms with Crippen molar-refractivity contribution in [1.29, 1.82) is 0 Å². The van der Waals surface area contributed by atoms with Crippen LogP contribution in [-0.4, -0.2) is 17.2 Å². The highest BCUT2D eigenvalue weighted by molar-refractivity contribution is 6.31. The summed E-state index contributed by atoms with van der Waals surface area (Å²) < 4.78 is 5.08. The lowest BCUT2D eigenvalue weighted by atomic mass is 10.2. The molecule has 0 atom stereocenters. The lowest BCUT2D eigenvalue weighted by Gasteiger charge is -2.02. The molecule has 0 spiro atoms. The van der Waals surface area contributed by atoms with Gasteiger partial charge in [-0.2, -0.15) is 5.10 Å². The molecule has 1 heterocycles. The van der Waals surface area contributed by atoms with Gasteiger partial charge in [-0.25, -0.2) is 5.43 Å². The maximum atomic E-state index is 11.7. The van der Waals surface area contributed by atoms with E-state index in [1.807, 2.05) is 0 Å². The molecule has 102 valence electrons. The van der Waals surface area contributed by atoms with Crippen LogP contribution < -0.4 is 5.43 Å². The van der Waals surface area contributed by atoms with Crippen molar-refractivity contribution in [2.24, 2.45) is 5.10 Å². The molecule has 2 N–H and O–H groups in total. The smallest absolute Gasteiger partial charge is 0.275 e. The van der Waals surface area contributed by atoms with Crippen LogP contribution in [0.3, 0.4) is 0 Å². The Morgan fingerprint density at radius 3 is 3.00 bits per heavy atom. The molecule has 2 rings (SSSR count). The Labute approximate surface area is 120 Å². The number of benzene rings is 1. The second-order valence-electron chi connectivity index (χ2n) is 3.76. The van der Waals surface area contributed by atoms with Crippen LogP contribution in [0, 0.1) is 0 Å². The first-order valence-electron chi connectivity index (χ1n) is 5.69. The molecule has 6 heteroatoms. The van der Waals surface area contributed by atoms with Crippen molar-refractivity contribution < 1.29 is 14.3 Å².